The van der Waals surface area contributed by atoms with Crippen molar-refractivity contribution in [3.05, 3.63) is 0 Å². The Morgan fingerprint density at radius 1 is 1.11 bits per heavy atom. The molecule has 1 saturated carbocycles. The molecule has 0 aromatic heterocycles. The molecule has 0 bridgehead atoms. The van der Waals surface area contributed by atoms with Gasteiger partial charge in [-0.25, -0.2) is 0 Å². The van der Waals surface area contributed by atoms with E-state index >= 15 is 0 Å². The number of hydrogen-bond donors (Lipinski definition) is 1. The van der Waals surface area contributed by atoms with Crippen molar-refractivity contribution in [1.82, 2.24) is 10.2 Å². The quantitative estimate of drug-likeness (QED) is 0.830. The number of halogens is 3. The Labute approximate surface area is 114 Å². The average Bonchev–Trinajstić information content (AvgIpc) is 2.60. The van der Waals surface area contributed by atoms with Gasteiger partial charge in [-0.2, -0.15) is 13.2 Å². The van der Waals surface area contributed by atoms with Crippen molar-refractivity contribution in [1.29, 1.82) is 0 Å². The van der Waals surface area contributed by atoms with Gasteiger partial charge in [0.2, 0.25) is 0 Å². The topological polar surface area (TPSA) is 15.3 Å². The maximum absolute atomic E-state index is 12.4. The molecule has 19 heavy (non-hydrogen) atoms. The van der Waals surface area contributed by atoms with Gasteiger partial charge in [0.25, 0.3) is 0 Å². The van der Waals surface area contributed by atoms with E-state index in [1.165, 1.54) is 4.90 Å². The van der Waals surface area contributed by atoms with Gasteiger partial charge in [-0.05, 0) is 46.1 Å². The number of rotatable bonds is 5. The minimum absolute atomic E-state index is 0.00722. The molecule has 1 rings (SSSR count). The van der Waals surface area contributed by atoms with E-state index in [1.807, 2.05) is 0 Å². The molecule has 0 aliphatic heterocycles. The molecule has 0 atom stereocenters. The van der Waals surface area contributed by atoms with Crippen molar-refractivity contribution >= 4 is 0 Å². The highest BCUT2D eigenvalue weighted by Gasteiger charge is 2.38. The second-order valence-corrected chi connectivity index (χ2v) is 7.10. The van der Waals surface area contributed by atoms with Crippen LogP contribution in [0.25, 0.3) is 0 Å². The minimum Gasteiger partial charge on any atom is -0.311 e. The summed E-state index contributed by atoms with van der Waals surface area (Å²) in [5.41, 5.74) is 0.0193. The molecule has 1 aliphatic rings. The van der Waals surface area contributed by atoms with Gasteiger partial charge in [0.15, 0.2) is 0 Å². The van der Waals surface area contributed by atoms with Crippen molar-refractivity contribution in [2.45, 2.75) is 58.2 Å². The second-order valence-electron chi connectivity index (χ2n) is 7.10. The highest BCUT2D eigenvalue weighted by molar-refractivity contribution is 4.91. The van der Waals surface area contributed by atoms with E-state index in [1.54, 1.807) is 7.05 Å². The summed E-state index contributed by atoms with van der Waals surface area (Å²) in [7, 11) is 1.57. The molecule has 0 heterocycles. The van der Waals surface area contributed by atoms with Gasteiger partial charge in [-0.1, -0.05) is 12.8 Å². The van der Waals surface area contributed by atoms with E-state index in [2.05, 4.69) is 26.1 Å². The van der Waals surface area contributed by atoms with Crippen LogP contribution in [-0.4, -0.2) is 43.3 Å². The molecule has 0 unspecified atom stereocenters. The van der Waals surface area contributed by atoms with Crippen LogP contribution in [0.5, 0.6) is 0 Å². The van der Waals surface area contributed by atoms with E-state index in [4.69, 9.17) is 0 Å². The molecule has 0 amide bonds. The molecule has 2 nitrogen and oxygen atoms in total. The van der Waals surface area contributed by atoms with Gasteiger partial charge < -0.3 is 5.32 Å². The minimum atomic E-state index is -4.11. The molecule has 114 valence electrons. The van der Waals surface area contributed by atoms with Crippen molar-refractivity contribution < 1.29 is 13.2 Å². The maximum atomic E-state index is 12.4. The van der Waals surface area contributed by atoms with Crippen LogP contribution in [0.1, 0.15) is 46.5 Å². The largest absolute Gasteiger partial charge is 0.401 e. The fraction of sp³-hybridized carbons (Fsp3) is 1.00. The van der Waals surface area contributed by atoms with Crippen LogP contribution >= 0.6 is 0 Å². The van der Waals surface area contributed by atoms with Crippen LogP contribution in [0.4, 0.5) is 13.2 Å². The van der Waals surface area contributed by atoms with E-state index in [9.17, 15) is 13.2 Å². The Morgan fingerprint density at radius 3 is 2.05 bits per heavy atom. The molecular formula is C14H27F3N2. The molecule has 1 aliphatic carbocycles. The van der Waals surface area contributed by atoms with Crippen LogP contribution in [0.15, 0.2) is 0 Å². The Balaban J connectivity index is 2.56. The average molecular weight is 280 g/mol. The summed E-state index contributed by atoms with van der Waals surface area (Å²) in [6.07, 6.45) is 0.208. The summed E-state index contributed by atoms with van der Waals surface area (Å²) in [6.45, 7) is 6.79. The Bertz CT molecular complexity index is 275. The van der Waals surface area contributed by atoms with Crippen LogP contribution in [0.3, 0.4) is 0 Å². The lowest BCUT2D eigenvalue weighted by Crippen LogP contribution is -2.48. The van der Waals surface area contributed by atoms with E-state index in [-0.39, 0.29) is 11.0 Å². The lowest BCUT2D eigenvalue weighted by molar-refractivity contribution is -0.145. The molecular weight excluding hydrogens is 253 g/mol. The zero-order chi connectivity index (χ0) is 14.7. The van der Waals surface area contributed by atoms with Crippen molar-refractivity contribution in [3.63, 3.8) is 0 Å². The Morgan fingerprint density at radius 2 is 1.63 bits per heavy atom. The molecule has 0 spiro atoms. The zero-order valence-corrected chi connectivity index (χ0v) is 12.5. The molecule has 0 saturated heterocycles. The fourth-order valence-corrected chi connectivity index (χ4v) is 2.90. The molecule has 0 radical (unpaired) electrons. The summed E-state index contributed by atoms with van der Waals surface area (Å²) >= 11 is 0. The first-order chi connectivity index (χ1) is 8.52. The summed E-state index contributed by atoms with van der Waals surface area (Å²) in [6, 6.07) is 0. The first-order valence-electron chi connectivity index (χ1n) is 7.02. The molecule has 0 aromatic rings. The van der Waals surface area contributed by atoms with Crippen LogP contribution < -0.4 is 5.32 Å². The summed E-state index contributed by atoms with van der Waals surface area (Å²) in [5.74, 6) is 0. The number of hydrogen-bond acceptors (Lipinski definition) is 2. The van der Waals surface area contributed by atoms with E-state index < -0.39 is 12.7 Å². The lowest BCUT2D eigenvalue weighted by atomic mass is 9.84. The predicted octanol–water partition coefficient (Wildman–Crippen LogP) is 3.43. The fourth-order valence-electron chi connectivity index (χ4n) is 2.90. The number of nitrogens with zero attached hydrogens (tertiary/aromatic N) is 1. The third-order valence-electron chi connectivity index (χ3n) is 3.71. The first-order valence-corrected chi connectivity index (χ1v) is 7.02. The van der Waals surface area contributed by atoms with Crippen LogP contribution in [0, 0.1) is 5.41 Å². The summed E-state index contributed by atoms with van der Waals surface area (Å²) < 4.78 is 37.3. The van der Waals surface area contributed by atoms with E-state index in [0.717, 1.165) is 32.2 Å². The van der Waals surface area contributed by atoms with E-state index in [0.29, 0.717) is 6.54 Å². The molecule has 1 fully saturated rings. The molecule has 5 heteroatoms. The highest BCUT2D eigenvalue weighted by Crippen LogP contribution is 2.38. The zero-order valence-electron chi connectivity index (χ0n) is 12.5. The maximum Gasteiger partial charge on any atom is 0.401 e. The van der Waals surface area contributed by atoms with Gasteiger partial charge in [-0.15, -0.1) is 0 Å². The van der Waals surface area contributed by atoms with Gasteiger partial charge >= 0.3 is 6.18 Å². The summed E-state index contributed by atoms with van der Waals surface area (Å²) in [4.78, 5) is 1.43. The second kappa shape index (κ2) is 6.00. The van der Waals surface area contributed by atoms with Crippen LogP contribution in [0.2, 0.25) is 0 Å². The van der Waals surface area contributed by atoms with Crippen molar-refractivity contribution in [3.8, 4) is 0 Å². The molecule has 1 N–H and O–H groups in total. The smallest absolute Gasteiger partial charge is 0.311 e. The molecule has 0 aromatic carbocycles. The predicted molar refractivity (Wildman–Crippen MR) is 72.2 cm³/mol. The van der Waals surface area contributed by atoms with Gasteiger partial charge in [0.05, 0.1) is 6.54 Å². The van der Waals surface area contributed by atoms with Gasteiger partial charge in [-0.3, -0.25) is 4.90 Å². The van der Waals surface area contributed by atoms with Crippen LogP contribution in [-0.2, 0) is 0 Å². The monoisotopic (exact) mass is 280 g/mol. The van der Waals surface area contributed by atoms with Gasteiger partial charge in [0, 0.05) is 18.6 Å². The Hall–Kier alpha value is -0.290. The summed E-state index contributed by atoms with van der Waals surface area (Å²) in [5, 5.41) is 3.46. The number of alkyl halides is 3. The number of nitrogens with one attached hydrogen (secondary N) is 1. The highest BCUT2D eigenvalue weighted by atomic mass is 19.4. The lowest BCUT2D eigenvalue weighted by Gasteiger charge is -2.36. The third kappa shape index (κ3) is 6.61. The standard InChI is InChI=1S/C14H27F3N2/c1-12(2,3)18-9-13(7-5-6-8-13)10-19(4)11-14(15,16)17/h18H,5-11H2,1-4H3. The first kappa shape index (κ1) is 16.8. The van der Waals surface area contributed by atoms with Crippen molar-refractivity contribution in [2.24, 2.45) is 5.41 Å². The SMILES string of the molecule is CN(CC(F)(F)F)CC1(CNC(C)(C)C)CCCC1. The third-order valence-corrected chi connectivity index (χ3v) is 3.71. The Kier molecular flexibility index (Phi) is 5.29. The van der Waals surface area contributed by atoms with Crippen molar-refractivity contribution in [2.75, 3.05) is 26.7 Å². The normalized spacial score (nSPS) is 20.2. The van der Waals surface area contributed by atoms with Gasteiger partial charge in [0.1, 0.15) is 0 Å².